The van der Waals surface area contributed by atoms with Crippen molar-refractivity contribution in [3.8, 4) is 0 Å². The molecule has 0 aliphatic heterocycles. The Kier molecular flexibility index (Phi) is 4.06. The van der Waals surface area contributed by atoms with E-state index in [0.29, 0.717) is 0 Å². The largest absolute Gasteiger partial charge is 0.274 e. The third-order valence-electron chi connectivity index (χ3n) is 1.64. The number of carbonyl (C=O) groups is 1. The van der Waals surface area contributed by atoms with Crippen LogP contribution in [0.1, 0.15) is 19.4 Å². The number of hydrogen-bond donors (Lipinski definition) is 1. The van der Waals surface area contributed by atoms with E-state index in [0.717, 1.165) is 11.3 Å². The number of benzene rings is 1. The highest BCUT2D eigenvalue weighted by Gasteiger charge is 1.97. The van der Waals surface area contributed by atoms with Gasteiger partial charge < -0.3 is 0 Å². The first-order valence-corrected chi connectivity index (χ1v) is 5.24. The zero-order valence-corrected chi connectivity index (χ0v) is 10.2. The molecule has 0 bridgehead atoms. The Morgan fingerprint density at radius 1 is 1.29 bits per heavy atom. The lowest BCUT2D eigenvalue weighted by Crippen LogP contribution is -2.14. The van der Waals surface area contributed by atoms with E-state index in [9.17, 15) is 4.79 Å². The van der Waals surface area contributed by atoms with Gasteiger partial charge in [-0.3, -0.25) is 4.79 Å². The van der Waals surface area contributed by atoms with E-state index in [1.165, 1.54) is 10.5 Å². The van der Waals surface area contributed by atoms with Crippen molar-refractivity contribution in [2.24, 2.45) is 5.10 Å². The highest BCUT2D eigenvalue weighted by Crippen LogP contribution is 2.07. The molecular formula is C10H11IN2O. The SMILES string of the molecule is CC(=O)N/N=C(/C)c1ccc(I)cc1. The maximum atomic E-state index is 10.6. The molecule has 1 aromatic carbocycles. The summed E-state index contributed by atoms with van der Waals surface area (Å²) in [6, 6.07) is 7.95. The minimum atomic E-state index is -0.158. The van der Waals surface area contributed by atoms with Crippen molar-refractivity contribution >= 4 is 34.2 Å². The number of hydrazone groups is 1. The summed E-state index contributed by atoms with van der Waals surface area (Å²) in [6.45, 7) is 3.29. The second-order valence-electron chi connectivity index (χ2n) is 2.87. The molecule has 1 amide bonds. The summed E-state index contributed by atoms with van der Waals surface area (Å²) in [4.78, 5) is 10.6. The van der Waals surface area contributed by atoms with Crippen molar-refractivity contribution < 1.29 is 4.79 Å². The summed E-state index contributed by atoms with van der Waals surface area (Å²) in [5, 5.41) is 3.94. The van der Waals surface area contributed by atoms with Crippen LogP contribution in [0.25, 0.3) is 0 Å². The van der Waals surface area contributed by atoms with Crippen LogP contribution >= 0.6 is 22.6 Å². The van der Waals surface area contributed by atoms with Crippen LogP contribution in [0.15, 0.2) is 29.4 Å². The van der Waals surface area contributed by atoms with Crippen LogP contribution in [0.4, 0.5) is 0 Å². The second-order valence-corrected chi connectivity index (χ2v) is 4.12. The Balaban J connectivity index is 2.78. The van der Waals surface area contributed by atoms with Gasteiger partial charge in [-0.15, -0.1) is 0 Å². The smallest absolute Gasteiger partial charge is 0.236 e. The molecule has 0 heterocycles. The summed E-state index contributed by atoms with van der Waals surface area (Å²) in [7, 11) is 0. The molecule has 0 saturated carbocycles. The van der Waals surface area contributed by atoms with Gasteiger partial charge in [0.1, 0.15) is 0 Å². The first kappa shape index (κ1) is 11.2. The van der Waals surface area contributed by atoms with Crippen molar-refractivity contribution in [2.45, 2.75) is 13.8 Å². The molecule has 14 heavy (non-hydrogen) atoms. The minimum Gasteiger partial charge on any atom is -0.274 e. The summed E-state index contributed by atoms with van der Waals surface area (Å²) in [6.07, 6.45) is 0. The fourth-order valence-corrected chi connectivity index (χ4v) is 1.28. The molecule has 1 rings (SSSR count). The van der Waals surface area contributed by atoms with Crippen molar-refractivity contribution in [3.05, 3.63) is 33.4 Å². The minimum absolute atomic E-state index is 0.158. The Hall–Kier alpha value is -0.910. The number of hydrogen-bond acceptors (Lipinski definition) is 2. The lowest BCUT2D eigenvalue weighted by Gasteiger charge is -2.00. The fourth-order valence-electron chi connectivity index (χ4n) is 0.918. The second kappa shape index (κ2) is 5.09. The first-order valence-electron chi connectivity index (χ1n) is 4.16. The fraction of sp³-hybridized carbons (Fsp3) is 0.200. The van der Waals surface area contributed by atoms with E-state index in [1.807, 2.05) is 31.2 Å². The number of rotatable bonds is 2. The molecule has 1 aromatic rings. The van der Waals surface area contributed by atoms with Crippen LogP contribution in [0, 0.1) is 3.57 Å². The Morgan fingerprint density at radius 3 is 2.36 bits per heavy atom. The average Bonchev–Trinajstić information content (AvgIpc) is 2.15. The van der Waals surface area contributed by atoms with Crippen molar-refractivity contribution in [1.29, 1.82) is 0 Å². The van der Waals surface area contributed by atoms with Crippen LogP contribution in [0.5, 0.6) is 0 Å². The topological polar surface area (TPSA) is 41.5 Å². The molecule has 0 aliphatic carbocycles. The van der Waals surface area contributed by atoms with E-state index in [1.54, 1.807) is 0 Å². The summed E-state index contributed by atoms with van der Waals surface area (Å²) >= 11 is 2.24. The van der Waals surface area contributed by atoms with Gasteiger partial charge in [0.2, 0.25) is 5.91 Å². The van der Waals surface area contributed by atoms with E-state index < -0.39 is 0 Å². The van der Waals surface area contributed by atoms with Crippen LogP contribution in [0.3, 0.4) is 0 Å². The molecule has 3 nitrogen and oxygen atoms in total. The molecule has 0 atom stereocenters. The predicted molar refractivity (Wildman–Crippen MR) is 65.2 cm³/mol. The summed E-state index contributed by atoms with van der Waals surface area (Å²) in [5.41, 5.74) is 4.22. The molecule has 0 saturated heterocycles. The lowest BCUT2D eigenvalue weighted by atomic mass is 10.1. The van der Waals surface area contributed by atoms with Gasteiger partial charge >= 0.3 is 0 Å². The highest BCUT2D eigenvalue weighted by atomic mass is 127. The molecule has 0 spiro atoms. The Labute approximate surface area is 96.7 Å². The van der Waals surface area contributed by atoms with Crippen LogP contribution in [-0.2, 0) is 4.79 Å². The zero-order valence-electron chi connectivity index (χ0n) is 8.04. The number of nitrogens with one attached hydrogen (secondary N) is 1. The molecule has 1 N–H and O–H groups in total. The van der Waals surface area contributed by atoms with Crippen molar-refractivity contribution in [1.82, 2.24) is 5.43 Å². The normalized spacial score (nSPS) is 11.2. The molecule has 0 aliphatic rings. The average molecular weight is 302 g/mol. The molecular weight excluding hydrogens is 291 g/mol. The maximum Gasteiger partial charge on any atom is 0.236 e. The lowest BCUT2D eigenvalue weighted by molar-refractivity contribution is -0.118. The van der Waals surface area contributed by atoms with Gasteiger partial charge in [0.05, 0.1) is 5.71 Å². The molecule has 0 fully saturated rings. The van der Waals surface area contributed by atoms with Crippen LogP contribution in [0.2, 0.25) is 0 Å². The van der Waals surface area contributed by atoms with Gasteiger partial charge in [-0.2, -0.15) is 5.10 Å². The Bertz CT molecular complexity index is 357. The Morgan fingerprint density at radius 2 is 1.86 bits per heavy atom. The molecule has 0 aromatic heterocycles. The van der Waals surface area contributed by atoms with Gasteiger partial charge in [-0.1, -0.05) is 12.1 Å². The summed E-state index contributed by atoms with van der Waals surface area (Å²) in [5.74, 6) is -0.158. The standard InChI is InChI=1S/C10H11IN2O/c1-7(12-13-8(2)14)9-3-5-10(11)6-4-9/h3-6H,1-2H3,(H,13,14)/b12-7-. The van der Waals surface area contributed by atoms with Crippen molar-refractivity contribution in [2.75, 3.05) is 0 Å². The predicted octanol–water partition coefficient (Wildman–Crippen LogP) is 2.15. The quantitative estimate of drug-likeness (QED) is 0.508. The zero-order chi connectivity index (χ0) is 10.6. The van der Waals surface area contributed by atoms with Crippen LogP contribution < -0.4 is 5.43 Å². The highest BCUT2D eigenvalue weighted by molar-refractivity contribution is 14.1. The third kappa shape index (κ3) is 3.45. The number of halogens is 1. The van der Waals surface area contributed by atoms with Gasteiger partial charge in [0.25, 0.3) is 0 Å². The third-order valence-corrected chi connectivity index (χ3v) is 2.36. The van der Waals surface area contributed by atoms with Gasteiger partial charge in [0, 0.05) is 10.5 Å². The monoisotopic (exact) mass is 302 g/mol. The molecule has 0 unspecified atom stereocenters. The summed E-state index contributed by atoms with van der Waals surface area (Å²) < 4.78 is 1.18. The number of carbonyl (C=O) groups excluding carboxylic acids is 1. The van der Waals surface area contributed by atoms with E-state index in [4.69, 9.17) is 0 Å². The number of nitrogens with zero attached hydrogens (tertiary/aromatic N) is 1. The first-order chi connectivity index (χ1) is 6.59. The van der Waals surface area contributed by atoms with E-state index >= 15 is 0 Å². The molecule has 0 radical (unpaired) electrons. The molecule has 74 valence electrons. The van der Waals surface area contributed by atoms with E-state index in [-0.39, 0.29) is 5.91 Å². The molecule has 4 heteroatoms. The number of amides is 1. The van der Waals surface area contributed by atoms with Crippen molar-refractivity contribution in [3.63, 3.8) is 0 Å². The maximum absolute atomic E-state index is 10.6. The van der Waals surface area contributed by atoms with Gasteiger partial charge in [-0.25, -0.2) is 5.43 Å². The van der Waals surface area contributed by atoms with E-state index in [2.05, 4.69) is 33.1 Å². The van der Waals surface area contributed by atoms with Gasteiger partial charge in [0.15, 0.2) is 0 Å². The van der Waals surface area contributed by atoms with Gasteiger partial charge in [-0.05, 0) is 47.2 Å². The van der Waals surface area contributed by atoms with Crippen LogP contribution in [-0.4, -0.2) is 11.6 Å².